The molecule has 1 aliphatic carbocycles. The van der Waals surface area contributed by atoms with Crippen LogP contribution >= 0.6 is 11.3 Å². The van der Waals surface area contributed by atoms with Crippen LogP contribution < -0.4 is 10.5 Å². The number of aryl methyl sites for hydroxylation is 4. The number of hydrogen-bond acceptors (Lipinski definition) is 6. The van der Waals surface area contributed by atoms with Crippen LogP contribution in [0.15, 0.2) is 10.9 Å². The van der Waals surface area contributed by atoms with Crippen molar-refractivity contribution in [3.05, 3.63) is 38.2 Å². The Morgan fingerprint density at radius 2 is 1.85 bits per heavy atom. The lowest BCUT2D eigenvalue weighted by molar-refractivity contribution is 0.242. The Morgan fingerprint density at radius 1 is 1.08 bits per heavy atom. The minimum Gasteiger partial charge on any atom is -0.346 e. The van der Waals surface area contributed by atoms with E-state index in [4.69, 9.17) is 0 Å². The molecular formula is C19H27N5OS. The molecule has 0 saturated carbocycles. The smallest absolute Gasteiger partial charge is 0.267 e. The van der Waals surface area contributed by atoms with Crippen molar-refractivity contribution in [2.24, 2.45) is 0 Å². The Labute approximate surface area is 158 Å². The average Bonchev–Trinajstić information content (AvgIpc) is 2.99. The van der Waals surface area contributed by atoms with Crippen LogP contribution in [-0.2, 0) is 19.4 Å². The molecule has 6 nitrogen and oxygen atoms in total. The summed E-state index contributed by atoms with van der Waals surface area (Å²) in [5.74, 6) is 0. The van der Waals surface area contributed by atoms with Gasteiger partial charge >= 0.3 is 0 Å². The maximum absolute atomic E-state index is 12.3. The number of piperazine rings is 1. The van der Waals surface area contributed by atoms with Crippen LogP contribution in [0, 0.1) is 13.8 Å². The summed E-state index contributed by atoms with van der Waals surface area (Å²) in [7, 11) is 0. The molecule has 0 atom stereocenters. The standard InChI is InChI=1S/C19H27N5OS/c1-14-15(2)26-19(20-14)23-10-7-22(8-11-23)9-12-24-18(25)13-16-5-3-4-6-17(16)21-24/h13H,3-12H2,1-2H3. The van der Waals surface area contributed by atoms with Gasteiger partial charge in [0.05, 0.1) is 17.9 Å². The molecular weight excluding hydrogens is 346 g/mol. The van der Waals surface area contributed by atoms with Gasteiger partial charge in [0.15, 0.2) is 5.13 Å². The van der Waals surface area contributed by atoms with E-state index in [1.165, 1.54) is 23.3 Å². The quantitative estimate of drug-likeness (QED) is 0.821. The van der Waals surface area contributed by atoms with E-state index in [9.17, 15) is 4.79 Å². The highest BCUT2D eigenvalue weighted by Gasteiger charge is 2.20. The number of nitrogens with zero attached hydrogens (tertiary/aromatic N) is 5. The molecule has 2 aromatic rings. The molecule has 1 saturated heterocycles. The Kier molecular flexibility index (Phi) is 5.09. The summed E-state index contributed by atoms with van der Waals surface area (Å²) in [6.07, 6.45) is 4.40. The summed E-state index contributed by atoms with van der Waals surface area (Å²) in [6.45, 7) is 9.80. The molecule has 1 fully saturated rings. The number of thiazole rings is 1. The van der Waals surface area contributed by atoms with Crippen LogP contribution in [0.1, 0.15) is 34.7 Å². The van der Waals surface area contributed by atoms with E-state index in [2.05, 4.69) is 33.7 Å². The molecule has 4 rings (SSSR count). The monoisotopic (exact) mass is 373 g/mol. The highest BCUT2D eigenvalue weighted by atomic mass is 32.1. The minimum absolute atomic E-state index is 0.0537. The Hall–Kier alpha value is -1.73. The normalized spacial score (nSPS) is 18.2. The van der Waals surface area contributed by atoms with Gasteiger partial charge in [-0.3, -0.25) is 9.69 Å². The topological polar surface area (TPSA) is 54.3 Å². The van der Waals surface area contributed by atoms with Crippen molar-refractivity contribution in [1.29, 1.82) is 0 Å². The molecule has 2 aromatic heterocycles. The zero-order valence-electron chi connectivity index (χ0n) is 15.7. The minimum atomic E-state index is 0.0537. The van der Waals surface area contributed by atoms with Crippen molar-refractivity contribution in [2.75, 3.05) is 37.6 Å². The molecule has 2 aliphatic rings. The van der Waals surface area contributed by atoms with Crippen molar-refractivity contribution in [3.63, 3.8) is 0 Å². The van der Waals surface area contributed by atoms with Crippen molar-refractivity contribution in [1.82, 2.24) is 19.7 Å². The first-order valence-electron chi connectivity index (χ1n) is 9.61. The fourth-order valence-electron chi connectivity index (χ4n) is 3.75. The largest absolute Gasteiger partial charge is 0.346 e. The third-order valence-electron chi connectivity index (χ3n) is 5.56. The molecule has 1 aliphatic heterocycles. The molecule has 0 N–H and O–H groups in total. The zero-order valence-corrected chi connectivity index (χ0v) is 16.5. The summed E-state index contributed by atoms with van der Waals surface area (Å²) in [6, 6.07) is 1.81. The third kappa shape index (κ3) is 3.69. The molecule has 0 unspecified atom stereocenters. The van der Waals surface area contributed by atoms with E-state index in [-0.39, 0.29) is 5.56 Å². The number of fused-ring (bicyclic) bond motifs is 1. The molecule has 0 amide bonds. The summed E-state index contributed by atoms with van der Waals surface area (Å²) >= 11 is 1.79. The van der Waals surface area contributed by atoms with Crippen molar-refractivity contribution >= 4 is 16.5 Å². The van der Waals surface area contributed by atoms with E-state index in [0.717, 1.165) is 62.1 Å². The lowest BCUT2D eigenvalue weighted by Gasteiger charge is -2.34. The Balaban J connectivity index is 1.33. The summed E-state index contributed by atoms with van der Waals surface area (Å²) in [5, 5.41) is 5.78. The maximum atomic E-state index is 12.3. The van der Waals surface area contributed by atoms with Crippen molar-refractivity contribution in [2.45, 2.75) is 46.1 Å². The van der Waals surface area contributed by atoms with Gasteiger partial charge < -0.3 is 4.90 Å². The van der Waals surface area contributed by atoms with Crippen LogP contribution in [0.3, 0.4) is 0 Å². The average molecular weight is 374 g/mol. The van der Waals surface area contributed by atoms with E-state index in [0.29, 0.717) is 6.54 Å². The Bertz CT molecular complexity index is 815. The molecule has 0 radical (unpaired) electrons. The van der Waals surface area contributed by atoms with E-state index < -0.39 is 0 Å². The van der Waals surface area contributed by atoms with Crippen LogP contribution in [0.2, 0.25) is 0 Å². The van der Waals surface area contributed by atoms with E-state index in [1.807, 2.05) is 6.07 Å². The lowest BCUT2D eigenvalue weighted by Crippen LogP contribution is -2.47. The summed E-state index contributed by atoms with van der Waals surface area (Å²) in [4.78, 5) is 23.1. The van der Waals surface area contributed by atoms with Crippen molar-refractivity contribution in [3.8, 4) is 0 Å². The van der Waals surface area contributed by atoms with Gasteiger partial charge in [-0.05, 0) is 45.1 Å². The lowest BCUT2D eigenvalue weighted by atomic mass is 9.97. The summed E-state index contributed by atoms with van der Waals surface area (Å²) < 4.78 is 1.67. The zero-order chi connectivity index (χ0) is 18.1. The molecule has 140 valence electrons. The molecule has 7 heteroatoms. The second kappa shape index (κ2) is 7.48. The fraction of sp³-hybridized carbons (Fsp3) is 0.632. The molecule has 26 heavy (non-hydrogen) atoms. The first-order chi connectivity index (χ1) is 12.6. The van der Waals surface area contributed by atoms with Gasteiger partial charge in [0.25, 0.3) is 5.56 Å². The first kappa shape index (κ1) is 17.7. The first-order valence-corrected chi connectivity index (χ1v) is 10.4. The summed E-state index contributed by atoms with van der Waals surface area (Å²) in [5.41, 5.74) is 3.50. The Morgan fingerprint density at radius 3 is 2.58 bits per heavy atom. The van der Waals surface area contributed by atoms with Gasteiger partial charge in [-0.1, -0.05) is 0 Å². The van der Waals surface area contributed by atoms with E-state index in [1.54, 1.807) is 16.0 Å². The van der Waals surface area contributed by atoms with Gasteiger partial charge in [-0.2, -0.15) is 5.10 Å². The van der Waals surface area contributed by atoms with Crippen LogP contribution in [0.4, 0.5) is 5.13 Å². The van der Waals surface area contributed by atoms with E-state index >= 15 is 0 Å². The predicted molar refractivity (Wildman–Crippen MR) is 105 cm³/mol. The number of hydrogen-bond donors (Lipinski definition) is 0. The molecule has 0 aromatic carbocycles. The maximum Gasteiger partial charge on any atom is 0.267 e. The fourth-order valence-corrected chi connectivity index (χ4v) is 4.71. The number of rotatable bonds is 4. The number of aromatic nitrogens is 3. The van der Waals surface area contributed by atoms with Crippen LogP contribution in [0.5, 0.6) is 0 Å². The van der Waals surface area contributed by atoms with Gasteiger partial charge in [-0.15, -0.1) is 11.3 Å². The van der Waals surface area contributed by atoms with Crippen molar-refractivity contribution < 1.29 is 0 Å². The molecule has 3 heterocycles. The van der Waals surface area contributed by atoms with Gasteiger partial charge in [0.1, 0.15) is 0 Å². The molecule has 0 bridgehead atoms. The van der Waals surface area contributed by atoms with Gasteiger partial charge in [0, 0.05) is 43.7 Å². The molecule has 0 spiro atoms. The van der Waals surface area contributed by atoms with Gasteiger partial charge in [-0.25, -0.2) is 9.67 Å². The second-order valence-electron chi connectivity index (χ2n) is 7.35. The SMILES string of the molecule is Cc1nc(N2CCN(CCn3nc4c(cc3=O)CCCC4)CC2)sc1C. The van der Waals surface area contributed by atoms with Gasteiger partial charge in [0.2, 0.25) is 0 Å². The second-order valence-corrected chi connectivity index (χ2v) is 8.53. The number of anilines is 1. The van der Waals surface area contributed by atoms with Crippen LogP contribution in [-0.4, -0.2) is 52.4 Å². The predicted octanol–water partition coefficient (Wildman–Crippen LogP) is 2.02. The highest BCUT2D eigenvalue weighted by Crippen LogP contribution is 2.25. The third-order valence-corrected chi connectivity index (χ3v) is 6.70. The van der Waals surface area contributed by atoms with Crippen LogP contribution in [0.25, 0.3) is 0 Å². The highest BCUT2D eigenvalue weighted by molar-refractivity contribution is 7.15.